The molecule has 0 unspecified atom stereocenters. The molecule has 67 heavy (non-hydrogen) atoms. The van der Waals surface area contributed by atoms with E-state index in [1.165, 1.54) is 103 Å². The van der Waals surface area contributed by atoms with Crippen molar-refractivity contribution in [3.8, 4) is 0 Å². The van der Waals surface area contributed by atoms with Crippen molar-refractivity contribution in [2.75, 3.05) is 13.2 Å². The highest BCUT2D eigenvalue weighted by molar-refractivity contribution is 5.71. The molecular formula is C61H106O6. The molecule has 6 heteroatoms. The van der Waals surface area contributed by atoms with Gasteiger partial charge in [-0.05, 0) is 83.5 Å². The number of allylic oxidation sites excluding steroid dienone is 12. The monoisotopic (exact) mass is 935 g/mol. The predicted octanol–water partition coefficient (Wildman–Crippen LogP) is 19.0. The predicted molar refractivity (Wildman–Crippen MR) is 288 cm³/mol. The molecule has 0 aliphatic rings. The Hall–Kier alpha value is -3.15. The molecule has 0 fully saturated rings. The topological polar surface area (TPSA) is 78.9 Å². The molecule has 0 spiro atoms. The number of ether oxygens (including phenoxy) is 3. The van der Waals surface area contributed by atoms with Gasteiger partial charge in [0.2, 0.25) is 0 Å². The fraction of sp³-hybridized carbons (Fsp3) is 0.754. The summed E-state index contributed by atoms with van der Waals surface area (Å²) in [6.07, 6.45) is 70.4. The number of esters is 3. The van der Waals surface area contributed by atoms with Crippen LogP contribution in [0.5, 0.6) is 0 Å². The highest BCUT2D eigenvalue weighted by atomic mass is 16.6. The van der Waals surface area contributed by atoms with Crippen molar-refractivity contribution < 1.29 is 28.6 Å². The SMILES string of the molecule is CC/C=C\C/C=C\C/C=C\CCCCCCCC(=O)OC[C@H](COC(=O)CCCCCCCCCCCCCCCCCCCCC)OC(=O)CCCCCCC/C=C\C/C=C\C/C=C\CC. The molecule has 1 atom stereocenters. The van der Waals surface area contributed by atoms with E-state index in [2.05, 4.69) is 93.7 Å². The zero-order valence-electron chi connectivity index (χ0n) is 44.2. The van der Waals surface area contributed by atoms with Crippen LogP contribution < -0.4 is 0 Å². The smallest absolute Gasteiger partial charge is 0.306 e. The Bertz CT molecular complexity index is 1260. The van der Waals surface area contributed by atoms with Gasteiger partial charge in [0.25, 0.3) is 0 Å². The maximum absolute atomic E-state index is 12.8. The van der Waals surface area contributed by atoms with E-state index in [1.54, 1.807) is 0 Å². The largest absolute Gasteiger partial charge is 0.462 e. The normalized spacial score (nSPS) is 12.6. The summed E-state index contributed by atoms with van der Waals surface area (Å²) >= 11 is 0. The van der Waals surface area contributed by atoms with Crippen LogP contribution in [0.4, 0.5) is 0 Å². The first-order valence-corrected chi connectivity index (χ1v) is 28.4. The lowest BCUT2D eigenvalue weighted by atomic mass is 10.0. The van der Waals surface area contributed by atoms with E-state index in [0.717, 1.165) is 135 Å². The van der Waals surface area contributed by atoms with Crippen LogP contribution in [0.1, 0.15) is 278 Å². The van der Waals surface area contributed by atoms with Gasteiger partial charge in [-0.25, -0.2) is 0 Å². The highest BCUT2D eigenvalue weighted by Crippen LogP contribution is 2.16. The zero-order valence-corrected chi connectivity index (χ0v) is 44.2. The van der Waals surface area contributed by atoms with E-state index < -0.39 is 6.10 Å². The average molecular weight is 936 g/mol. The van der Waals surface area contributed by atoms with E-state index >= 15 is 0 Å². The number of hydrogen-bond donors (Lipinski definition) is 0. The first-order valence-electron chi connectivity index (χ1n) is 28.4. The molecule has 386 valence electrons. The molecule has 0 N–H and O–H groups in total. The Morgan fingerprint density at radius 3 is 0.910 bits per heavy atom. The molecule has 6 nitrogen and oxygen atoms in total. The van der Waals surface area contributed by atoms with Crippen molar-refractivity contribution in [3.05, 3.63) is 72.9 Å². The second-order valence-electron chi connectivity index (χ2n) is 18.8. The number of rotatable bonds is 51. The van der Waals surface area contributed by atoms with Crippen LogP contribution in [0, 0.1) is 0 Å². The Kier molecular flexibility index (Phi) is 52.8. The van der Waals surface area contributed by atoms with Crippen LogP contribution in [0.15, 0.2) is 72.9 Å². The van der Waals surface area contributed by atoms with Gasteiger partial charge < -0.3 is 14.2 Å². The van der Waals surface area contributed by atoms with Crippen molar-refractivity contribution in [1.29, 1.82) is 0 Å². The molecule has 0 aliphatic heterocycles. The molecular weight excluding hydrogens is 829 g/mol. The lowest BCUT2D eigenvalue weighted by molar-refractivity contribution is -0.167. The Morgan fingerprint density at radius 2 is 0.582 bits per heavy atom. The van der Waals surface area contributed by atoms with Crippen LogP contribution in [0.2, 0.25) is 0 Å². The van der Waals surface area contributed by atoms with Crippen molar-refractivity contribution in [1.82, 2.24) is 0 Å². The number of unbranched alkanes of at least 4 members (excludes halogenated alkanes) is 28. The zero-order chi connectivity index (χ0) is 48.6. The fourth-order valence-electron chi connectivity index (χ4n) is 8.00. The summed E-state index contributed by atoms with van der Waals surface area (Å²) in [5.74, 6) is -0.912. The van der Waals surface area contributed by atoms with Crippen LogP contribution in [0.3, 0.4) is 0 Å². The molecule has 0 aromatic heterocycles. The third-order valence-corrected chi connectivity index (χ3v) is 12.2. The minimum absolute atomic E-state index is 0.0861. The minimum Gasteiger partial charge on any atom is -0.462 e. The molecule has 0 amide bonds. The molecule has 0 saturated carbocycles. The summed E-state index contributed by atoms with van der Waals surface area (Å²) in [6.45, 7) is 6.41. The van der Waals surface area contributed by atoms with E-state index in [-0.39, 0.29) is 31.1 Å². The third-order valence-electron chi connectivity index (χ3n) is 12.2. The van der Waals surface area contributed by atoms with Crippen molar-refractivity contribution in [2.45, 2.75) is 284 Å². The summed E-state index contributed by atoms with van der Waals surface area (Å²) < 4.78 is 16.8. The van der Waals surface area contributed by atoms with Gasteiger partial charge in [-0.15, -0.1) is 0 Å². The van der Waals surface area contributed by atoms with Gasteiger partial charge >= 0.3 is 17.9 Å². The summed E-state index contributed by atoms with van der Waals surface area (Å²) in [7, 11) is 0. The molecule has 0 saturated heterocycles. The second-order valence-corrected chi connectivity index (χ2v) is 18.8. The van der Waals surface area contributed by atoms with Gasteiger partial charge in [-0.3, -0.25) is 14.4 Å². The Morgan fingerprint density at radius 1 is 0.313 bits per heavy atom. The number of hydrogen-bond acceptors (Lipinski definition) is 6. The quantitative estimate of drug-likeness (QED) is 0.0262. The minimum atomic E-state index is -0.790. The first-order chi connectivity index (χ1) is 33.0. The molecule has 0 aliphatic carbocycles. The van der Waals surface area contributed by atoms with Crippen LogP contribution in [-0.4, -0.2) is 37.2 Å². The van der Waals surface area contributed by atoms with Gasteiger partial charge in [0.05, 0.1) is 0 Å². The van der Waals surface area contributed by atoms with Gasteiger partial charge in [-0.2, -0.15) is 0 Å². The second kappa shape index (κ2) is 55.4. The number of carbonyl (C=O) groups is 3. The summed E-state index contributed by atoms with van der Waals surface area (Å²) in [4.78, 5) is 38.1. The summed E-state index contributed by atoms with van der Waals surface area (Å²) in [5.41, 5.74) is 0. The van der Waals surface area contributed by atoms with E-state index in [9.17, 15) is 14.4 Å². The number of carbonyl (C=O) groups excluding carboxylic acids is 3. The first kappa shape index (κ1) is 63.8. The Balaban J connectivity index is 4.38. The van der Waals surface area contributed by atoms with Gasteiger partial charge in [0.15, 0.2) is 6.10 Å². The molecule has 0 aromatic rings. The van der Waals surface area contributed by atoms with Crippen molar-refractivity contribution in [2.24, 2.45) is 0 Å². The van der Waals surface area contributed by atoms with E-state index in [0.29, 0.717) is 19.3 Å². The lowest BCUT2D eigenvalue weighted by Gasteiger charge is -2.18. The standard InChI is InChI=1S/C61H106O6/c1-4-7-10-13-16-19-22-25-28-29-30-31-34-36-39-42-45-48-51-54-60(63)66-57-58(67-61(64)55-52-49-46-43-40-37-33-27-24-21-18-15-12-9-6-3)56-65-59(62)53-50-47-44-41-38-35-32-26-23-20-17-14-11-8-5-2/h8-9,11-12,17-18,20-21,26-27,32-33,58H,4-7,10,13-16,19,22-25,28-31,34-57H2,1-3H3/b11-8-,12-9-,20-17-,21-18-,32-26-,33-27-/t58-/m1/s1. The highest BCUT2D eigenvalue weighted by Gasteiger charge is 2.19. The average Bonchev–Trinajstić information content (AvgIpc) is 3.33. The van der Waals surface area contributed by atoms with Gasteiger partial charge in [-0.1, -0.05) is 248 Å². The van der Waals surface area contributed by atoms with E-state index in [4.69, 9.17) is 14.2 Å². The van der Waals surface area contributed by atoms with Crippen LogP contribution in [-0.2, 0) is 28.6 Å². The lowest BCUT2D eigenvalue weighted by Crippen LogP contribution is -2.30. The van der Waals surface area contributed by atoms with Crippen LogP contribution >= 0.6 is 0 Å². The summed E-state index contributed by atoms with van der Waals surface area (Å²) in [6, 6.07) is 0. The summed E-state index contributed by atoms with van der Waals surface area (Å²) in [5, 5.41) is 0. The Labute approximate surface area is 414 Å². The van der Waals surface area contributed by atoms with E-state index in [1.807, 2.05) is 0 Å². The van der Waals surface area contributed by atoms with Crippen molar-refractivity contribution in [3.63, 3.8) is 0 Å². The van der Waals surface area contributed by atoms with Crippen LogP contribution in [0.25, 0.3) is 0 Å². The maximum Gasteiger partial charge on any atom is 0.306 e. The van der Waals surface area contributed by atoms with Crippen molar-refractivity contribution >= 4 is 17.9 Å². The molecule has 0 bridgehead atoms. The molecule has 0 rings (SSSR count). The van der Waals surface area contributed by atoms with Gasteiger partial charge in [0, 0.05) is 19.3 Å². The fourth-order valence-corrected chi connectivity index (χ4v) is 8.00. The third kappa shape index (κ3) is 53.7. The molecule has 0 heterocycles. The van der Waals surface area contributed by atoms with Gasteiger partial charge in [0.1, 0.15) is 13.2 Å². The molecule has 0 aromatic carbocycles. The maximum atomic E-state index is 12.8. The molecule has 0 radical (unpaired) electrons.